The zero-order chi connectivity index (χ0) is 22.8. The topological polar surface area (TPSA) is 39.5 Å². The summed E-state index contributed by atoms with van der Waals surface area (Å²) in [5.41, 5.74) is 2.90. The number of nitrogens with one attached hydrogen (secondary N) is 1. The Kier molecular flexibility index (Phi) is 7.21. The average Bonchev–Trinajstić information content (AvgIpc) is 3.42. The van der Waals surface area contributed by atoms with Gasteiger partial charge in [0.15, 0.2) is 0 Å². The minimum absolute atomic E-state index is 0.223. The molecule has 170 valence electrons. The van der Waals surface area contributed by atoms with E-state index in [4.69, 9.17) is 22.0 Å². The number of amidine groups is 1. The molecule has 1 aromatic carbocycles. The van der Waals surface area contributed by atoms with E-state index in [-0.39, 0.29) is 11.7 Å². The summed E-state index contributed by atoms with van der Waals surface area (Å²) in [6, 6.07) is 3.89. The van der Waals surface area contributed by atoms with Crippen LogP contribution >= 0.6 is 23.4 Å². The highest BCUT2D eigenvalue weighted by Gasteiger charge is 2.41. The van der Waals surface area contributed by atoms with Crippen LogP contribution in [0.2, 0.25) is 5.02 Å². The number of hydrogen-bond acceptors (Lipinski definition) is 4. The summed E-state index contributed by atoms with van der Waals surface area (Å²) in [5, 5.41) is 11.5. The van der Waals surface area contributed by atoms with Gasteiger partial charge in [0.2, 0.25) is 0 Å². The lowest BCUT2D eigenvalue weighted by Crippen LogP contribution is -2.39. The zero-order valence-electron chi connectivity index (χ0n) is 18.3. The van der Waals surface area contributed by atoms with Crippen molar-refractivity contribution in [1.29, 1.82) is 5.41 Å². The van der Waals surface area contributed by atoms with Gasteiger partial charge in [0, 0.05) is 28.4 Å². The molecule has 1 saturated heterocycles. The Morgan fingerprint density at radius 1 is 1.44 bits per heavy atom. The van der Waals surface area contributed by atoms with Crippen molar-refractivity contribution in [3.05, 3.63) is 69.5 Å². The highest BCUT2D eigenvalue weighted by atomic mass is 35.5. The molecule has 0 bridgehead atoms. The summed E-state index contributed by atoms with van der Waals surface area (Å²) in [6.45, 7) is 4.58. The third-order valence-corrected chi connectivity index (χ3v) is 7.63. The number of allylic oxidation sites excluding steroid dienone is 4. The maximum absolute atomic E-state index is 13.8. The van der Waals surface area contributed by atoms with Crippen LogP contribution in [0.5, 0.6) is 0 Å². The smallest absolute Gasteiger partial charge is 0.124 e. The molecule has 1 N–H and O–H groups in total. The number of thioether (sulfide) groups is 1. The van der Waals surface area contributed by atoms with Crippen LogP contribution in [0.4, 0.5) is 8.78 Å². The van der Waals surface area contributed by atoms with Crippen LogP contribution in [0.15, 0.2) is 58.1 Å². The van der Waals surface area contributed by atoms with E-state index in [0.29, 0.717) is 22.2 Å². The van der Waals surface area contributed by atoms with Crippen molar-refractivity contribution in [2.45, 2.75) is 57.0 Å². The standard InChI is InChI=1S/C25H28ClF2N3S/c1-3-16-12-21-23(20(29)7-4-6-15(2)27)24(18-10-9-17(28)13-19(18)26)30-25(31(21)14-16)22-8-5-11-32-22/h4-5,7,9-11,13,15-16,22,24,29H,3,6,8,12,14H2,1-2H3/b7-4-,29-20?/t15?,16?,22?,24-/m0/s1. The molecule has 0 aromatic heterocycles. The molecule has 4 rings (SSSR count). The SMILES string of the molecule is CCC1CC2=C(C(=N)/C=C\CC(C)F)[C@H](c3ccc(F)cc3Cl)N=C(C3CC=CS3)N2C1. The van der Waals surface area contributed by atoms with E-state index in [1.807, 2.05) is 0 Å². The molecule has 7 heteroatoms. The third-order valence-electron chi connectivity index (χ3n) is 6.22. The van der Waals surface area contributed by atoms with Gasteiger partial charge < -0.3 is 10.3 Å². The second-order valence-electron chi connectivity index (χ2n) is 8.57. The summed E-state index contributed by atoms with van der Waals surface area (Å²) in [6.07, 6.45) is 7.65. The maximum atomic E-state index is 13.8. The van der Waals surface area contributed by atoms with Gasteiger partial charge in [-0.3, -0.25) is 4.99 Å². The van der Waals surface area contributed by atoms with Crippen molar-refractivity contribution in [3.8, 4) is 0 Å². The Labute approximate surface area is 197 Å². The van der Waals surface area contributed by atoms with Gasteiger partial charge in [-0.15, -0.1) is 11.8 Å². The quantitative estimate of drug-likeness (QED) is 0.421. The van der Waals surface area contributed by atoms with Gasteiger partial charge in [0.1, 0.15) is 23.9 Å². The fraction of sp³-hybridized carbons (Fsp3) is 0.440. The zero-order valence-corrected chi connectivity index (χ0v) is 19.9. The molecule has 0 saturated carbocycles. The van der Waals surface area contributed by atoms with Crippen LogP contribution in [-0.2, 0) is 0 Å². The molecule has 3 heterocycles. The van der Waals surface area contributed by atoms with Crippen LogP contribution in [0.3, 0.4) is 0 Å². The minimum atomic E-state index is -0.964. The summed E-state index contributed by atoms with van der Waals surface area (Å²) in [7, 11) is 0. The van der Waals surface area contributed by atoms with Gasteiger partial charge in [0.05, 0.1) is 11.0 Å². The largest absolute Gasteiger partial charge is 0.332 e. The van der Waals surface area contributed by atoms with Gasteiger partial charge in [-0.2, -0.15) is 0 Å². The summed E-state index contributed by atoms with van der Waals surface area (Å²) in [4.78, 5) is 7.44. The fourth-order valence-corrected chi connectivity index (χ4v) is 5.74. The number of hydrogen-bond donors (Lipinski definition) is 1. The summed E-state index contributed by atoms with van der Waals surface area (Å²) < 4.78 is 27.1. The molecule has 32 heavy (non-hydrogen) atoms. The molecule has 0 aliphatic carbocycles. The molecular weight excluding hydrogens is 448 g/mol. The number of benzene rings is 1. The molecule has 0 radical (unpaired) electrons. The van der Waals surface area contributed by atoms with Crippen molar-refractivity contribution >= 4 is 34.9 Å². The number of halogens is 3. The first-order chi connectivity index (χ1) is 15.4. The number of fused-ring (bicyclic) bond motifs is 1. The Bertz CT molecular complexity index is 1010. The van der Waals surface area contributed by atoms with E-state index < -0.39 is 18.0 Å². The molecular formula is C25H28ClF2N3S. The lowest BCUT2D eigenvalue weighted by Gasteiger charge is -2.35. The van der Waals surface area contributed by atoms with E-state index in [1.165, 1.54) is 19.1 Å². The maximum Gasteiger partial charge on any atom is 0.124 e. The monoisotopic (exact) mass is 475 g/mol. The molecule has 1 fully saturated rings. The summed E-state index contributed by atoms with van der Waals surface area (Å²) in [5.74, 6) is 1.09. The molecule has 0 amide bonds. The summed E-state index contributed by atoms with van der Waals surface area (Å²) >= 11 is 8.24. The van der Waals surface area contributed by atoms with E-state index >= 15 is 0 Å². The molecule has 0 spiro atoms. The minimum Gasteiger partial charge on any atom is -0.332 e. The lowest BCUT2D eigenvalue weighted by atomic mass is 9.89. The van der Waals surface area contributed by atoms with E-state index in [1.54, 1.807) is 30.0 Å². The molecule has 4 atom stereocenters. The highest BCUT2D eigenvalue weighted by Crippen LogP contribution is 2.45. The number of rotatable bonds is 7. The van der Waals surface area contributed by atoms with E-state index in [9.17, 15) is 8.78 Å². The van der Waals surface area contributed by atoms with Crippen LogP contribution in [-0.4, -0.2) is 34.4 Å². The average molecular weight is 476 g/mol. The van der Waals surface area contributed by atoms with Crippen molar-refractivity contribution in [3.63, 3.8) is 0 Å². The van der Waals surface area contributed by atoms with E-state index in [2.05, 4.69) is 23.3 Å². The first-order valence-corrected chi connectivity index (χ1v) is 12.4. The second kappa shape index (κ2) is 9.92. The van der Waals surface area contributed by atoms with Gasteiger partial charge in [0.25, 0.3) is 0 Å². The fourth-order valence-electron chi connectivity index (χ4n) is 4.52. The third kappa shape index (κ3) is 4.72. The Morgan fingerprint density at radius 3 is 2.91 bits per heavy atom. The Morgan fingerprint density at radius 2 is 2.25 bits per heavy atom. The Balaban J connectivity index is 1.82. The Hall–Kier alpha value is -1.92. The number of nitrogens with zero attached hydrogens (tertiary/aromatic N) is 2. The van der Waals surface area contributed by atoms with Crippen molar-refractivity contribution in [2.75, 3.05) is 6.54 Å². The van der Waals surface area contributed by atoms with Crippen molar-refractivity contribution < 1.29 is 8.78 Å². The first-order valence-electron chi connectivity index (χ1n) is 11.1. The van der Waals surface area contributed by atoms with E-state index in [0.717, 1.165) is 42.9 Å². The predicted octanol–water partition coefficient (Wildman–Crippen LogP) is 7.26. The molecule has 3 nitrogen and oxygen atoms in total. The van der Waals surface area contributed by atoms with Gasteiger partial charge in [-0.1, -0.05) is 43.2 Å². The van der Waals surface area contributed by atoms with Gasteiger partial charge >= 0.3 is 0 Å². The van der Waals surface area contributed by atoms with Gasteiger partial charge in [-0.25, -0.2) is 8.78 Å². The highest BCUT2D eigenvalue weighted by molar-refractivity contribution is 8.03. The number of aliphatic imine (C=N–C) groups is 1. The molecule has 3 unspecified atom stereocenters. The van der Waals surface area contributed by atoms with Gasteiger partial charge in [-0.05, 0) is 55.7 Å². The van der Waals surface area contributed by atoms with Crippen molar-refractivity contribution in [2.24, 2.45) is 10.9 Å². The molecule has 1 aromatic rings. The number of alkyl halides is 1. The normalized spacial score (nSPS) is 26.1. The predicted molar refractivity (Wildman–Crippen MR) is 131 cm³/mol. The lowest BCUT2D eigenvalue weighted by molar-refractivity contribution is 0.365. The molecule has 3 aliphatic rings. The molecule has 3 aliphatic heterocycles. The second-order valence-corrected chi connectivity index (χ2v) is 10.1. The van der Waals surface area contributed by atoms with Crippen LogP contribution in [0.25, 0.3) is 0 Å². The van der Waals surface area contributed by atoms with Crippen LogP contribution in [0.1, 0.15) is 51.1 Å². The first kappa shape index (κ1) is 23.2. The van der Waals surface area contributed by atoms with Crippen molar-refractivity contribution in [1.82, 2.24) is 4.90 Å². The van der Waals surface area contributed by atoms with Crippen LogP contribution in [0, 0.1) is 17.1 Å². The van der Waals surface area contributed by atoms with Crippen LogP contribution < -0.4 is 0 Å².